The van der Waals surface area contributed by atoms with Gasteiger partial charge in [-0.1, -0.05) is 17.7 Å². The van der Waals surface area contributed by atoms with E-state index in [-0.39, 0.29) is 17.9 Å². The number of hydrogen-bond donors (Lipinski definition) is 1. The van der Waals surface area contributed by atoms with Gasteiger partial charge in [0.25, 0.3) is 0 Å². The molecule has 1 N–H and O–H groups in total. The monoisotopic (exact) mass is 410 g/mol. The summed E-state index contributed by atoms with van der Waals surface area (Å²) < 4.78 is 2.06. The summed E-state index contributed by atoms with van der Waals surface area (Å²) in [5.74, 6) is 0.152. The lowest BCUT2D eigenvalue weighted by molar-refractivity contribution is -0.135. The van der Waals surface area contributed by atoms with Crippen LogP contribution in [0.5, 0.6) is 0 Å². The van der Waals surface area contributed by atoms with Crippen molar-refractivity contribution in [3.05, 3.63) is 53.3 Å². The Morgan fingerprint density at radius 2 is 2.03 bits per heavy atom. The number of aliphatic hydroxyl groups is 1. The molecule has 0 saturated carbocycles. The number of hydrogen-bond acceptors (Lipinski definition) is 4. The Morgan fingerprint density at radius 1 is 1.21 bits per heavy atom. The van der Waals surface area contributed by atoms with E-state index < -0.39 is 0 Å². The molecule has 1 aromatic carbocycles. The molecule has 1 unspecified atom stereocenters. The second-order valence-corrected chi connectivity index (χ2v) is 8.37. The van der Waals surface area contributed by atoms with E-state index in [4.69, 9.17) is 16.6 Å². The fourth-order valence-electron chi connectivity index (χ4n) is 4.31. The first-order chi connectivity index (χ1) is 14.0. The number of aliphatic hydroxyl groups excluding tert-OH is 1. The van der Waals surface area contributed by atoms with Crippen molar-refractivity contribution in [2.45, 2.75) is 19.4 Å². The van der Waals surface area contributed by atoms with Gasteiger partial charge in [-0.05, 0) is 43.7 Å². The predicted molar refractivity (Wildman–Crippen MR) is 113 cm³/mol. The average molecular weight is 411 g/mol. The number of carbonyl (C=O) groups excluding carboxylic acids is 1. The van der Waals surface area contributed by atoms with Gasteiger partial charge in [-0.15, -0.1) is 0 Å². The summed E-state index contributed by atoms with van der Waals surface area (Å²) in [5, 5.41) is 10.3. The quantitative estimate of drug-likeness (QED) is 0.721. The number of nitrogens with zero attached hydrogens (tertiary/aromatic N) is 4. The van der Waals surface area contributed by atoms with Crippen LogP contribution in [0.3, 0.4) is 0 Å². The van der Waals surface area contributed by atoms with Crippen molar-refractivity contribution >= 4 is 28.8 Å². The molecule has 2 aromatic heterocycles. The first-order valence-corrected chi connectivity index (χ1v) is 10.3. The van der Waals surface area contributed by atoms with E-state index in [9.17, 15) is 9.90 Å². The molecule has 0 radical (unpaired) electrons. The molecule has 150 valence electrons. The highest BCUT2D eigenvalue weighted by atomic mass is 35.5. The Kier molecular flexibility index (Phi) is 4.48. The predicted octanol–water partition coefficient (Wildman–Crippen LogP) is 2.99. The highest BCUT2D eigenvalue weighted by Gasteiger charge is 2.37. The van der Waals surface area contributed by atoms with E-state index in [1.807, 2.05) is 43.5 Å². The number of aryl methyl sites for hydroxylation is 1. The summed E-state index contributed by atoms with van der Waals surface area (Å²) in [5.41, 5.74) is 4.77. The second-order valence-electron chi connectivity index (χ2n) is 7.97. The Labute approximate surface area is 174 Å². The molecule has 0 spiro atoms. The first-order valence-electron chi connectivity index (χ1n) is 9.96. The molecule has 2 aliphatic heterocycles. The van der Waals surface area contributed by atoms with Crippen LogP contribution in [0, 0.1) is 12.8 Å². The Morgan fingerprint density at radius 3 is 2.76 bits per heavy atom. The molecular formula is C22H23ClN4O2. The summed E-state index contributed by atoms with van der Waals surface area (Å²) in [6.07, 6.45) is 2.31. The minimum absolute atomic E-state index is 0.00337. The van der Waals surface area contributed by atoms with E-state index in [1.54, 1.807) is 4.90 Å². The van der Waals surface area contributed by atoms with Crippen molar-refractivity contribution in [2.24, 2.45) is 5.92 Å². The van der Waals surface area contributed by atoms with Crippen molar-refractivity contribution in [3.8, 4) is 11.3 Å². The van der Waals surface area contributed by atoms with Crippen LogP contribution < -0.4 is 4.90 Å². The zero-order valence-electron chi connectivity index (χ0n) is 16.3. The van der Waals surface area contributed by atoms with Crippen LogP contribution >= 0.6 is 11.6 Å². The van der Waals surface area contributed by atoms with Crippen LogP contribution in [0.15, 0.2) is 42.6 Å². The lowest BCUT2D eigenvalue weighted by atomic mass is 9.96. The zero-order chi connectivity index (χ0) is 20.1. The lowest BCUT2D eigenvalue weighted by Gasteiger charge is -2.41. The van der Waals surface area contributed by atoms with Gasteiger partial charge in [0.05, 0.1) is 22.7 Å². The van der Waals surface area contributed by atoms with Gasteiger partial charge in [0.1, 0.15) is 5.65 Å². The maximum Gasteiger partial charge on any atom is 0.229 e. The van der Waals surface area contributed by atoms with E-state index in [0.717, 1.165) is 28.3 Å². The minimum Gasteiger partial charge on any atom is -0.391 e. The molecule has 0 bridgehead atoms. The van der Waals surface area contributed by atoms with Crippen molar-refractivity contribution in [1.82, 2.24) is 14.3 Å². The summed E-state index contributed by atoms with van der Waals surface area (Å²) in [7, 11) is 0. The summed E-state index contributed by atoms with van der Waals surface area (Å²) in [6, 6.07) is 11.9. The number of imidazole rings is 1. The number of benzene rings is 1. The molecule has 6 nitrogen and oxygen atoms in total. The van der Waals surface area contributed by atoms with Crippen LogP contribution in [0.4, 0.5) is 5.69 Å². The van der Waals surface area contributed by atoms with Gasteiger partial charge in [-0.3, -0.25) is 4.79 Å². The van der Waals surface area contributed by atoms with E-state index >= 15 is 0 Å². The fourth-order valence-corrected chi connectivity index (χ4v) is 4.52. The van der Waals surface area contributed by atoms with Gasteiger partial charge in [0, 0.05) is 49.3 Å². The molecule has 0 aliphatic carbocycles. The lowest BCUT2D eigenvalue weighted by Crippen LogP contribution is -2.54. The SMILES string of the molecule is Cc1c(-c2cc(N3CC(C(=O)N4CCC(O)C4)C3)ccc2Cl)nc2ccccn12. The Hall–Kier alpha value is -2.57. The van der Waals surface area contributed by atoms with Crippen molar-refractivity contribution in [3.63, 3.8) is 0 Å². The minimum atomic E-state index is -0.373. The zero-order valence-corrected chi connectivity index (χ0v) is 17.0. The number of pyridine rings is 1. The van der Waals surface area contributed by atoms with Gasteiger partial charge in [-0.25, -0.2) is 4.98 Å². The van der Waals surface area contributed by atoms with Crippen molar-refractivity contribution in [2.75, 3.05) is 31.1 Å². The van der Waals surface area contributed by atoms with Crippen LogP contribution in [0.1, 0.15) is 12.1 Å². The largest absolute Gasteiger partial charge is 0.391 e. The second kappa shape index (κ2) is 7.04. The maximum absolute atomic E-state index is 12.6. The standard InChI is InChI=1S/C22H23ClN4O2/c1-14-21(24-20-4-2-3-8-27(14)20)18-10-16(5-6-19(18)23)26-11-15(12-26)22(29)25-9-7-17(28)13-25/h2-6,8,10,15,17,28H,7,9,11-13H2,1H3. The van der Waals surface area contributed by atoms with E-state index in [2.05, 4.69) is 15.4 Å². The molecule has 5 rings (SSSR count). The van der Waals surface area contributed by atoms with Crippen molar-refractivity contribution < 1.29 is 9.90 Å². The topological polar surface area (TPSA) is 61.1 Å². The normalized spacial score (nSPS) is 19.8. The van der Waals surface area contributed by atoms with Gasteiger partial charge < -0.3 is 19.3 Å². The summed E-state index contributed by atoms with van der Waals surface area (Å²) in [6.45, 7) is 4.55. The highest BCUT2D eigenvalue weighted by Crippen LogP contribution is 2.36. The summed E-state index contributed by atoms with van der Waals surface area (Å²) in [4.78, 5) is 21.3. The Bertz CT molecular complexity index is 1090. The molecule has 2 aliphatic rings. The third-order valence-electron chi connectivity index (χ3n) is 6.04. The third-order valence-corrected chi connectivity index (χ3v) is 6.37. The molecule has 1 atom stereocenters. The van der Waals surface area contributed by atoms with E-state index in [1.165, 1.54) is 0 Å². The number of anilines is 1. The average Bonchev–Trinajstić information content (AvgIpc) is 3.26. The molecular weight excluding hydrogens is 388 g/mol. The number of rotatable bonds is 3. The Balaban J connectivity index is 1.37. The number of fused-ring (bicyclic) bond motifs is 1. The number of aromatic nitrogens is 2. The van der Waals surface area contributed by atoms with Gasteiger partial charge in [0.2, 0.25) is 5.91 Å². The fraction of sp³-hybridized carbons (Fsp3) is 0.364. The number of β-amino-alcohol motifs (C(OH)–C–C–N with tert-alkyl or cyclic N) is 1. The molecule has 29 heavy (non-hydrogen) atoms. The van der Waals surface area contributed by atoms with E-state index in [0.29, 0.717) is 37.6 Å². The number of likely N-dealkylation sites (tertiary alicyclic amines) is 1. The maximum atomic E-state index is 12.6. The smallest absolute Gasteiger partial charge is 0.229 e. The number of carbonyl (C=O) groups is 1. The molecule has 7 heteroatoms. The molecule has 2 fully saturated rings. The molecule has 2 saturated heterocycles. The number of amides is 1. The summed E-state index contributed by atoms with van der Waals surface area (Å²) >= 11 is 6.52. The van der Waals surface area contributed by atoms with Crippen LogP contribution in [-0.4, -0.2) is 57.6 Å². The first kappa shape index (κ1) is 18.5. The van der Waals surface area contributed by atoms with Gasteiger partial charge >= 0.3 is 0 Å². The number of halogens is 1. The van der Waals surface area contributed by atoms with Crippen molar-refractivity contribution in [1.29, 1.82) is 0 Å². The molecule has 4 heterocycles. The van der Waals surface area contributed by atoms with Gasteiger partial charge in [0.15, 0.2) is 0 Å². The molecule has 3 aromatic rings. The third kappa shape index (κ3) is 3.16. The van der Waals surface area contributed by atoms with Crippen LogP contribution in [0.25, 0.3) is 16.9 Å². The highest BCUT2D eigenvalue weighted by molar-refractivity contribution is 6.33. The van der Waals surface area contributed by atoms with Crippen LogP contribution in [-0.2, 0) is 4.79 Å². The van der Waals surface area contributed by atoms with Crippen LogP contribution in [0.2, 0.25) is 5.02 Å². The van der Waals surface area contributed by atoms with Gasteiger partial charge in [-0.2, -0.15) is 0 Å². The molecule has 1 amide bonds.